The highest BCUT2D eigenvalue weighted by Crippen LogP contribution is 2.33. The van der Waals surface area contributed by atoms with Crippen molar-refractivity contribution >= 4 is 39.1 Å². The Hall–Kier alpha value is -2.74. The van der Waals surface area contributed by atoms with Crippen LogP contribution >= 0.6 is 11.3 Å². The molecule has 2 aromatic heterocycles. The number of benzene rings is 1. The number of nitrogens with zero attached hydrogens (tertiary/aromatic N) is 4. The molecular weight excluding hydrogens is 338 g/mol. The van der Waals surface area contributed by atoms with Gasteiger partial charge in [0, 0.05) is 14.1 Å². The van der Waals surface area contributed by atoms with Crippen molar-refractivity contribution in [3.8, 4) is 5.75 Å². The number of nitrogens with one attached hydrogen (secondary N) is 1. The highest BCUT2D eigenvalue weighted by atomic mass is 32.1. The number of hydrogen-bond acceptors (Lipinski definition) is 7. The Morgan fingerprint density at radius 2 is 1.92 bits per heavy atom. The molecule has 0 saturated heterocycles. The van der Waals surface area contributed by atoms with Crippen LogP contribution in [0.15, 0.2) is 18.5 Å². The van der Waals surface area contributed by atoms with Crippen molar-refractivity contribution < 1.29 is 9.53 Å². The molecule has 0 bridgehead atoms. The lowest BCUT2D eigenvalue weighted by Gasteiger charge is -2.13. The number of thiazole rings is 1. The van der Waals surface area contributed by atoms with E-state index >= 15 is 0 Å². The summed E-state index contributed by atoms with van der Waals surface area (Å²) in [6, 6.07) is 3.97. The normalized spacial score (nSPS) is 10.8. The molecule has 3 rings (SSSR count). The third-order valence-electron chi connectivity index (χ3n) is 3.85. The third-order valence-corrected chi connectivity index (χ3v) is 4.80. The summed E-state index contributed by atoms with van der Waals surface area (Å²) in [7, 11) is 5.01. The number of amides is 1. The lowest BCUT2D eigenvalue weighted by Crippen LogP contribution is -2.21. The minimum atomic E-state index is -0.155. The predicted octanol–water partition coefficient (Wildman–Crippen LogP) is 3.16. The van der Waals surface area contributed by atoms with Crippen LogP contribution in [0.2, 0.25) is 0 Å². The van der Waals surface area contributed by atoms with Gasteiger partial charge in [0.05, 0.1) is 12.8 Å². The molecular formula is C17H19N5O2S. The second-order valence-corrected chi connectivity index (χ2v) is 6.83. The van der Waals surface area contributed by atoms with E-state index in [1.165, 1.54) is 22.6 Å². The maximum atomic E-state index is 12.2. The molecule has 0 atom stereocenters. The minimum absolute atomic E-state index is 0.155. The van der Waals surface area contributed by atoms with Crippen LogP contribution in [0.25, 0.3) is 10.3 Å². The van der Waals surface area contributed by atoms with Crippen molar-refractivity contribution in [1.82, 2.24) is 19.9 Å². The van der Waals surface area contributed by atoms with Crippen LogP contribution in [0.1, 0.15) is 20.9 Å². The van der Waals surface area contributed by atoms with Crippen molar-refractivity contribution in [1.29, 1.82) is 0 Å². The zero-order chi connectivity index (χ0) is 18.1. The molecule has 1 aromatic carbocycles. The van der Waals surface area contributed by atoms with E-state index in [-0.39, 0.29) is 5.91 Å². The summed E-state index contributed by atoms with van der Waals surface area (Å²) in [5.41, 5.74) is 3.63. The number of methoxy groups -OCH3 is 1. The first-order valence-electron chi connectivity index (χ1n) is 7.66. The summed E-state index contributed by atoms with van der Waals surface area (Å²) in [5, 5.41) is 3.64. The molecule has 25 heavy (non-hydrogen) atoms. The summed E-state index contributed by atoms with van der Waals surface area (Å²) < 4.78 is 5.46. The molecule has 1 N–H and O–H groups in total. The molecule has 2 heterocycles. The Balaban J connectivity index is 2.05. The molecule has 8 heteroatoms. The lowest BCUT2D eigenvalue weighted by atomic mass is 10.1. The number of aromatic nitrogens is 3. The number of ether oxygens (including phenoxy) is 1. The zero-order valence-electron chi connectivity index (χ0n) is 14.7. The quantitative estimate of drug-likeness (QED) is 0.772. The molecule has 0 saturated carbocycles. The Morgan fingerprint density at radius 3 is 2.60 bits per heavy atom. The molecule has 0 aliphatic heterocycles. The van der Waals surface area contributed by atoms with Gasteiger partial charge in [0.2, 0.25) is 0 Å². The van der Waals surface area contributed by atoms with Gasteiger partial charge in [-0.15, -0.1) is 0 Å². The molecule has 0 spiro atoms. The topological polar surface area (TPSA) is 80.2 Å². The molecule has 7 nitrogen and oxygen atoms in total. The monoisotopic (exact) mass is 357 g/mol. The fourth-order valence-corrected chi connectivity index (χ4v) is 3.24. The van der Waals surface area contributed by atoms with E-state index < -0.39 is 0 Å². The Kier molecular flexibility index (Phi) is 4.54. The molecule has 1 amide bonds. The second kappa shape index (κ2) is 6.64. The van der Waals surface area contributed by atoms with Crippen molar-refractivity contribution in [2.45, 2.75) is 13.8 Å². The van der Waals surface area contributed by atoms with Crippen molar-refractivity contribution in [2.24, 2.45) is 0 Å². The zero-order valence-corrected chi connectivity index (χ0v) is 15.6. The van der Waals surface area contributed by atoms with Crippen LogP contribution in [0, 0.1) is 13.8 Å². The van der Waals surface area contributed by atoms with Crippen LogP contribution in [0.4, 0.5) is 11.5 Å². The van der Waals surface area contributed by atoms with Crippen molar-refractivity contribution in [3.05, 3.63) is 34.6 Å². The first kappa shape index (κ1) is 17.1. The minimum Gasteiger partial charge on any atom is -0.495 e. The van der Waals surface area contributed by atoms with E-state index in [0.717, 1.165) is 22.6 Å². The Morgan fingerprint density at radius 1 is 1.20 bits per heavy atom. The van der Waals surface area contributed by atoms with E-state index in [0.29, 0.717) is 21.2 Å². The largest absolute Gasteiger partial charge is 0.495 e. The Bertz CT molecular complexity index is 952. The van der Waals surface area contributed by atoms with Crippen molar-refractivity contribution in [2.75, 3.05) is 26.5 Å². The van der Waals surface area contributed by atoms with E-state index in [9.17, 15) is 4.79 Å². The fraction of sp³-hybridized carbons (Fsp3) is 0.294. The first-order valence-corrected chi connectivity index (χ1v) is 8.47. The molecule has 130 valence electrons. The highest BCUT2D eigenvalue weighted by Gasteiger charge is 2.18. The average molecular weight is 357 g/mol. The van der Waals surface area contributed by atoms with Gasteiger partial charge in [-0.1, -0.05) is 11.3 Å². The van der Waals surface area contributed by atoms with E-state index in [1.807, 2.05) is 26.0 Å². The molecule has 3 aromatic rings. The number of hydrogen-bond donors (Lipinski definition) is 1. The van der Waals surface area contributed by atoms with Gasteiger partial charge < -0.3 is 15.0 Å². The fourth-order valence-electron chi connectivity index (χ4n) is 2.31. The van der Waals surface area contributed by atoms with Gasteiger partial charge in [-0.25, -0.2) is 15.0 Å². The highest BCUT2D eigenvalue weighted by molar-refractivity contribution is 7.19. The number of carbonyl (C=O) groups is 1. The van der Waals surface area contributed by atoms with Gasteiger partial charge in [0.15, 0.2) is 10.8 Å². The third kappa shape index (κ3) is 3.25. The Labute approximate surface area is 149 Å². The molecule has 0 unspecified atom stereocenters. The van der Waals surface area contributed by atoms with Crippen LogP contribution in [-0.2, 0) is 0 Å². The summed E-state index contributed by atoms with van der Waals surface area (Å²) in [6.07, 6.45) is 1.46. The number of fused-ring (bicyclic) bond motifs is 1. The lowest BCUT2D eigenvalue weighted by molar-refractivity contribution is 0.0827. The summed E-state index contributed by atoms with van der Waals surface area (Å²) in [5.74, 6) is 1.10. The van der Waals surface area contributed by atoms with Crippen LogP contribution in [-0.4, -0.2) is 47.0 Å². The standard InChI is InChI=1S/C17H19N5O2S/c1-9-6-11(12(24-5)7-10(9)2)20-14-13-15(19-8-18-14)25-16(21-13)17(23)22(3)4/h6-8H,1-5H3,(H,18,19,20). The number of aryl methyl sites for hydroxylation is 2. The number of carbonyl (C=O) groups excluding carboxylic acids is 1. The molecule has 0 fully saturated rings. The van der Waals surface area contributed by atoms with Crippen LogP contribution < -0.4 is 10.1 Å². The van der Waals surface area contributed by atoms with Crippen LogP contribution in [0.3, 0.4) is 0 Å². The van der Waals surface area contributed by atoms with E-state index in [2.05, 4.69) is 20.3 Å². The summed E-state index contributed by atoms with van der Waals surface area (Å²) in [4.78, 5) is 27.2. The van der Waals surface area contributed by atoms with Gasteiger partial charge in [-0.3, -0.25) is 4.79 Å². The molecule has 0 aliphatic carbocycles. The summed E-state index contributed by atoms with van der Waals surface area (Å²) in [6.45, 7) is 4.07. The van der Waals surface area contributed by atoms with Gasteiger partial charge in [-0.05, 0) is 37.1 Å². The maximum absolute atomic E-state index is 12.2. The summed E-state index contributed by atoms with van der Waals surface area (Å²) >= 11 is 1.25. The van der Waals surface area contributed by atoms with Gasteiger partial charge >= 0.3 is 0 Å². The van der Waals surface area contributed by atoms with Crippen molar-refractivity contribution in [3.63, 3.8) is 0 Å². The SMILES string of the molecule is COc1cc(C)c(C)cc1Nc1ncnc2sc(C(=O)N(C)C)nc12. The number of anilines is 2. The van der Waals surface area contributed by atoms with E-state index in [4.69, 9.17) is 4.74 Å². The predicted molar refractivity (Wildman–Crippen MR) is 99.0 cm³/mol. The van der Waals surface area contributed by atoms with Gasteiger partial charge in [0.25, 0.3) is 5.91 Å². The smallest absolute Gasteiger partial charge is 0.282 e. The van der Waals surface area contributed by atoms with Crippen LogP contribution in [0.5, 0.6) is 5.75 Å². The van der Waals surface area contributed by atoms with E-state index in [1.54, 1.807) is 21.2 Å². The number of rotatable bonds is 4. The van der Waals surface area contributed by atoms with Gasteiger partial charge in [-0.2, -0.15) is 0 Å². The van der Waals surface area contributed by atoms with Gasteiger partial charge in [0.1, 0.15) is 22.4 Å². The second-order valence-electron chi connectivity index (χ2n) is 5.86. The first-order chi connectivity index (χ1) is 11.9. The molecule has 0 radical (unpaired) electrons. The average Bonchev–Trinajstić information content (AvgIpc) is 3.02. The molecule has 0 aliphatic rings. The maximum Gasteiger partial charge on any atom is 0.282 e.